The highest BCUT2D eigenvalue weighted by atomic mass is 19.4. The highest BCUT2D eigenvalue weighted by molar-refractivity contribution is 5.98. The van der Waals surface area contributed by atoms with Gasteiger partial charge in [-0.2, -0.15) is 13.2 Å². The van der Waals surface area contributed by atoms with Crippen molar-refractivity contribution in [1.29, 1.82) is 0 Å². The van der Waals surface area contributed by atoms with Crippen molar-refractivity contribution in [2.75, 3.05) is 31.6 Å². The zero-order chi connectivity index (χ0) is 22.6. The maximum atomic E-state index is 12.8. The maximum Gasteiger partial charge on any atom is 0.490 e. The number of hydrogen-bond donors (Lipinski definition) is 1. The van der Waals surface area contributed by atoms with Crippen LogP contribution in [0.3, 0.4) is 0 Å². The number of aliphatic carboxylic acids is 1. The number of alkyl halides is 3. The Morgan fingerprint density at radius 1 is 1.06 bits per heavy atom. The van der Waals surface area contributed by atoms with E-state index in [-0.39, 0.29) is 11.8 Å². The van der Waals surface area contributed by atoms with Crippen molar-refractivity contribution >= 4 is 17.6 Å². The van der Waals surface area contributed by atoms with Gasteiger partial charge >= 0.3 is 12.1 Å². The van der Waals surface area contributed by atoms with E-state index in [1.165, 1.54) is 5.56 Å². The number of nitrogens with zero attached hydrogens (tertiary/aromatic N) is 2. The summed E-state index contributed by atoms with van der Waals surface area (Å²) >= 11 is 0. The van der Waals surface area contributed by atoms with Crippen molar-refractivity contribution < 1.29 is 32.6 Å². The lowest BCUT2D eigenvalue weighted by atomic mass is 10.0. The molecular weight excluding hydrogens is 413 g/mol. The predicted octanol–water partition coefficient (Wildman–Crippen LogP) is 3.42. The minimum absolute atomic E-state index is 0.142. The second-order valence-electron chi connectivity index (χ2n) is 7.50. The van der Waals surface area contributed by atoms with E-state index in [1.807, 2.05) is 47.4 Å². The Morgan fingerprint density at radius 2 is 1.68 bits per heavy atom. The van der Waals surface area contributed by atoms with E-state index >= 15 is 0 Å². The number of carboxylic acids is 1. The number of halogens is 3. The number of anilines is 1. The van der Waals surface area contributed by atoms with E-state index in [2.05, 4.69) is 17.0 Å². The molecule has 0 bridgehead atoms. The van der Waals surface area contributed by atoms with Gasteiger partial charge in [0, 0.05) is 37.8 Å². The summed E-state index contributed by atoms with van der Waals surface area (Å²) in [7, 11) is 1.68. The molecule has 0 aromatic heterocycles. The molecule has 0 aliphatic carbocycles. The molecule has 2 unspecified atom stereocenters. The van der Waals surface area contributed by atoms with Gasteiger partial charge in [-0.3, -0.25) is 9.69 Å². The molecule has 9 heteroatoms. The summed E-state index contributed by atoms with van der Waals surface area (Å²) in [5, 5.41) is 7.12. The van der Waals surface area contributed by atoms with Gasteiger partial charge in [0.25, 0.3) is 0 Å². The molecule has 2 atom stereocenters. The highest BCUT2D eigenvalue weighted by Crippen LogP contribution is 2.35. The summed E-state index contributed by atoms with van der Waals surface area (Å²) in [6.07, 6.45) is -5.08. The van der Waals surface area contributed by atoms with Gasteiger partial charge in [0.15, 0.2) is 0 Å². The first-order valence-electron chi connectivity index (χ1n) is 9.71. The summed E-state index contributed by atoms with van der Waals surface area (Å²) in [5.74, 6) is -1.01. The topological polar surface area (TPSA) is 70.1 Å². The lowest BCUT2D eigenvalue weighted by molar-refractivity contribution is -0.192. The normalized spacial score (nSPS) is 20.8. The number of ether oxygens (including phenoxy) is 1. The number of carboxylic acid groups (broad SMARTS) is 1. The Labute approximate surface area is 177 Å². The third-order valence-corrected chi connectivity index (χ3v) is 5.39. The largest absolute Gasteiger partial charge is 0.497 e. The number of methoxy groups -OCH3 is 1. The minimum Gasteiger partial charge on any atom is -0.497 e. The smallest absolute Gasteiger partial charge is 0.490 e. The van der Waals surface area contributed by atoms with Gasteiger partial charge in [0.05, 0.1) is 13.0 Å². The molecule has 2 saturated heterocycles. The lowest BCUT2D eigenvalue weighted by Crippen LogP contribution is -2.32. The van der Waals surface area contributed by atoms with Crippen molar-refractivity contribution in [2.45, 2.75) is 12.7 Å². The van der Waals surface area contributed by atoms with Crippen molar-refractivity contribution in [3.8, 4) is 5.75 Å². The van der Waals surface area contributed by atoms with Crippen LogP contribution in [-0.4, -0.2) is 54.8 Å². The molecular formula is C22H23F3N2O4. The summed E-state index contributed by atoms with van der Waals surface area (Å²) < 4.78 is 36.9. The number of amides is 1. The lowest BCUT2D eigenvalue weighted by Gasteiger charge is -2.21. The Kier molecular flexibility index (Phi) is 6.84. The third kappa shape index (κ3) is 5.55. The SMILES string of the molecule is COc1ccc(CN2CC3CN(c4ccccc4)C(=O)C3C2)cc1.O=C(O)C(F)(F)F. The van der Waals surface area contributed by atoms with Crippen LogP contribution in [0.1, 0.15) is 5.56 Å². The average molecular weight is 436 g/mol. The summed E-state index contributed by atoms with van der Waals surface area (Å²) in [5.41, 5.74) is 2.29. The van der Waals surface area contributed by atoms with Crippen molar-refractivity contribution in [3.63, 3.8) is 0 Å². The van der Waals surface area contributed by atoms with Crippen molar-refractivity contribution in [3.05, 3.63) is 60.2 Å². The number of benzene rings is 2. The molecule has 4 rings (SSSR count). The van der Waals surface area contributed by atoms with Gasteiger partial charge in [-0.05, 0) is 29.8 Å². The van der Waals surface area contributed by atoms with Gasteiger partial charge in [0.1, 0.15) is 5.75 Å². The van der Waals surface area contributed by atoms with E-state index in [1.54, 1.807) is 7.11 Å². The van der Waals surface area contributed by atoms with Gasteiger partial charge in [-0.1, -0.05) is 30.3 Å². The van der Waals surface area contributed by atoms with Crippen LogP contribution in [0.4, 0.5) is 18.9 Å². The van der Waals surface area contributed by atoms with Crippen LogP contribution < -0.4 is 9.64 Å². The number of rotatable bonds is 4. The molecule has 2 heterocycles. The molecule has 2 aliphatic rings. The molecule has 6 nitrogen and oxygen atoms in total. The molecule has 31 heavy (non-hydrogen) atoms. The van der Waals surface area contributed by atoms with Crippen LogP contribution in [0.2, 0.25) is 0 Å². The molecule has 2 aromatic rings. The Morgan fingerprint density at radius 3 is 2.19 bits per heavy atom. The number of carbonyl (C=O) groups excluding carboxylic acids is 1. The van der Waals surface area contributed by atoms with Crippen LogP contribution in [0, 0.1) is 11.8 Å². The first kappa shape index (κ1) is 22.6. The maximum absolute atomic E-state index is 12.8. The number of likely N-dealkylation sites (tertiary alicyclic amines) is 1. The average Bonchev–Trinajstić information content (AvgIpc) is 3.27. The van der Waals surface area contributed by atoms with E-state index in [0.29, 0.717) is 5.92 Å². The molecule has 2 aliphatic heterocycles. The Balaban J connectivity index is 0.000000339. The number of hydrogen-bond acceptors (Lipinski definition) is 4. The van der Waals surface area contributed by atoms with E-state index in [4.69, 9.17) is 14.6 Å². The number of carbonyl (C=O) groups is 2. The number of fused-ring (bicyclic) bond motifs is 1. The van der Waals surface area contributed by atoms with Gasteiger partial charge in [-0.15, -0.1) is 0 Å². The fourth-order valence-electron chi connectivity index (χ4n) is 3.91. The molecule has 0 radical (unpaired) electrons. The van der Waals surface area contributed by atoms with Crippen LogP contribution in [-0.2, 0) is 16.1 Å². The second-order valence-corrected chi connectivity index (χ2v) is 7.50. The van der Waals surface area contributed by atoms with E-state index in [9.17, 15) is 18.0 Å². The predicted molar refractivity (Wildman–Crippen MR) is 108 cm³/mol. The molecule has 0 saturated carbocycles. The van der Waals surface area contributed by atoms with Crippen LogP contribution in [0.15, 0.2) is 54.6 Å². The third-order valence-electron chi connectivity index (χ3n) is 5.39. The van der Waals surface area contributed by atoms with E-state index in [0.717, 1.165) is 37.6 Å². The molecule has 1 N–H and O–H groups in total. The van der Waals surface area contributed by atoms with Crippen LogP contribution in [0.25, 0.3) is 0 Å². The molecule has 1 amide bonds. The van der Waals surface area contributed by atoms with Crippen molar-refractivity contribution in [1.82, 2.24) is 4.90 Å². The van der Waals surface area contributed by atoms with Crippen LogP contribution in [0.5, 0.6) is 5.75 Å². The minimum atomic E-state index is -5.08. The monoisotopic (exact) mass is 436 g/mol. The Bertz CT molecular complexity index is 903. The Hall–Kier alpha value is -3.07. The molecule has 166 valence electrons. The van der Waals surface area contributed by atoms with Gasteiger partial charge in [-0.25, -0.2) is 4.79 Å². The molecule has 0 spiro atoms. The molecule has 2 fully saturated rings. The van der Waals surface area contributed by atoms with E-state index < -0.39 is 12.1 Å². The number of para-hydroxylation sites is 1. The fraction of sp³-hybridized carbons (Fsp3) is 0.364. The summed E-state index contributed by atoms with van der Waals surface area (Å²) in [6.45, 7) is 3.59. The second kappa shape index (κ2) is 9.38. The summed E-state index contributed by atoms with van der Waals surface area (Å²) in [6, 6.07) is 18.2. The highest BCUT2D eigenvalue weighted by Gasteiger charge is 2.46. The van der Waals surface area contributed by atoms with Gasteiger partial charge in [0.2, 0.25) is 5.91 Å². The van der Waals surface area contributed by atoms with Gasteiger partial charge < -0.3 is 14.7 Å². The standard InChI is InChI=1S/C20H22N2O2.C2HF3O2/c1-24-18-9-7-15(8-10-18)11-21-12-16-13-22(20(23)19(16)14-21)17-5-3-2-4-6-17;3-2(4,5)1(6)7/h2-10,16,19H,11-14H2,1H3;(H,6,7). The zero-order valence-corrected chi connectivity index (χ0v) is 16.9. The first-order chi connectivity index (χ1) is 14.7. The van der Waals surface area contributed by atoms with Crippen molar-refractivity contribution in [2.24, 2.45) is 11.8 Å². The molecule has 2 aromatic carbocycles. The first-order valence-corrected chi connectivity index (χ1v) is 9.71. The summed E-state index contributed by atoms with van der Waals surface area (Å²) in [4.78, 5) is 26.0. The zero-order valence-electron chi connectivity index (χ0n) is 16.9. The van der Waals surface area contributed by atoms with Crippen LogP contribution >= 0.6 is 0 Å². The quantitative estimate of drug-likeness (QED) is 0.796. The fourth-order valence-corrected chi connectivity index (χ4v) is 3.91.